The van der Waals surface area contributed by atoms with Gasteiger partial charge in [-0.15, -0.1) is 11.3 Å². The van der Waals surface area contributed by atoms with Gasteiger partial charge >= 0.3 is 0 Å². The minimum atomic E-state index is -1.25. The molecule has 2 amide bonds. The highest BCUT2D eigenvalue weighted by atomic mass is 32.2. The van der Waals surface area contributed by atoms with Crippen LogP contribution in [-0.4, -0.2) is 28.1 Å². The normalized spacial score (nSPS) is 18.6. The molecule has 0 bridgehead atoms. The number of anilines is 2. The molecule has 3 aromatic rings. The van der Waals surface area contributed by atoms with Gasteiger partial charge in [-0.1, -0.05) is 54.2 Å². The van der Waals surface area contributed by atoms with Crippen molar-refractivity contribution >= 4 is 45.7 Å². The Hall–Kier alpha value is -2.64. The molecule has 0 spiro atoms. The van der Waals surface area contributed by atoms with Crippen LogP contribution in [0.25, 0.3) is 11.3 Å². The van der Waals surface area contributed by atoms with Crippen molar-refractivity contribution in [3.63, 3.8) is 0 Å². The molecular weight excluding hydrogens is 390 g/mol. The quantitative estimate of drug-likeness (QED) is 0.636. The van der Waals surface area contributed by atoms with Crippen LogP contribution in [-0.2, 0) is 9.59 Å². The van der Waals surface area contributed by atoms with Gasteiger partial charge in [-0.05, 0) is 26.0 Å². The molecule has 0 saturated carbocycles. The second kappa shape index (κ2) is 7.41. The molecule has 0 radical (unpaired) electrons. The Morgan fingerprint density at radius 3 is 2.61 bits per heavy atom. The lowest BCUT2D eigenvalue weighted by atomic mass is 10.1. The highest BCUT2D eigenvalue weighted by Gasteiger charge is 2.49. The highest BCUT2D eigenvalue weighted by molar-refractivity contribution is 8.02. The van der Waals surface area contributed by atoms with Crippen molar-refractivity contribution in [1.29, 1.82) is 0 Å². The third kappa shape index (κ3) is 3.21. The van der Waals surface area contributed by atoms with Gasteiger partial charge in [-0.3, -0.25) is 9.59 Å². The Morgan fingerprint density at radius 2 is 1.86 bits per heavy atom. The van der Waals surface area contributed by atoms with E-state index in [1.54, 1.807) is 11.8 Å². The number of para-hydroxylation sites is 1. The molecule has 1 aromatic heterocycles. The van der Waals surface area contributed by atoms with Gasteiger partial charge in [0.15, 0.2) is 9.88 Å². The van der Waals surface area contributed by atoms with Crippen LogP contribution in [0.5, 0.6) is 0 Å². The van der Waals surface area contributed by atoms with Gasteiger partial charge in [0.25, 0.3) is 11.8 Å². The number of hydrogen-bond donors (Lipinski definition) is 1. The van der Waals surface area contributed by atoms with Crippen LogP contribution in [0.15, 0.2) is 64.9 Å². The van der Waals surface area contributed by atoms with Gasteiger partial charge in [-0.25, -0.2) is 4.98 Å². The summed E-state index contributed by atoms with van der Waals surface area (Å²) in [5, 5.41) is 5.23. The van der Waals surface area contributed by atoms with E-state index in [9.17, 15) is 9.59 Å². The number of nitrogens with zero attached hydrogens (tertiary/aromatic N) is 2. The number of hydrogen-bond acceptors (Lipinski definition) is 5. The van der Waals surface area contributed by atoms with E-state index in [1.165, 1.54) is 23.1 Å². The second-order valence-electron chi connectivity index (χ2n) is 6.51. The fraction of sp³-hybridized carbons (Fsp3) is 0.190. The van der Waals surface area contributed by atoms with Crippen molar-refractivity contribution in [2.24, 2.45) is 0 Å². The molecule has 1 N–H and O–H groups in total. The molecule has 0 aliphatic carbocycles. The summed E-state index contributed by atoms with van der Waals surface area (Å²) >= 11 is 2.64. The number of benzene rings is 2. The van der Waals surface area contributed by atoms with Crippen molar-refractivity contribution in [1.82, 2.24) is 4.98 Å². The molecule has 28 heavy (non-hydrogen) atoms. The first-order valence-electron chi connectivity index (χ1n) is 8.95. The summed E-state index contributed by atoms with van der Waals surface area (Å²) in [5.41, 5.74) is 2.64. The molecule has 2 heterocycles. The van der Waals surface area contributed by atoms with E-state index >= 15 is 0 Å². The lowest BCUT2D eigenvalue weighted by Crippen LogP contribution is -2.54. The van der Waals surface area contributed by atoms with Crippen LogP contribution in [0.4, 0.5) is 10.8 Å². The van der Waals surface area contributed by atoms with E-state index in [4.69, 9.17) is 0 Å². The van der Waals surface area contributed by atoms with Crippen molar-refractivity contribution < 1.29 is 9.59 Å². The van der Waals surface area contributed by atoms with E-state index in [-0.39, 0.29) is 11.8 Å². The molecule has 0 fully saturated rings. The van der Waals surface area contributed by atoms with E-state index in [0.717, 1.165) is 21.8 Å². The smallest absolute Gasteiger partial charge is 0.252 e. The Bertz CT molecular complexity index is 1030. The minimum absolute atomic E-state index is 0.212. The molecular formula is C21H19N3O2S2. The van der Waals surface area contributed by atoms with Crippen molar-refractivity contribution in [3.05, 3.63) is 60.0 Å². The summed E-state index contributed by atoms with van der Waals surface area (Å²) < 4.78 is -1.25. The number of nitrogens with one attached hydrogen (secondary N) is 1. The number of fused-ring (bicyclic) bond motifs is 1. The first-order valence-corrected chi connectivity index (χ1v) is 10.6. The van der Waals surface area contributed by atoms with Gasteiger partial charge in [0.05, 0.1) is 11.4 Å². The van der Waals surface area contributed by atoms with Crippen LogP contribution in [0.2, 0.25) is 0 Å². The average Bonchev–Trinajstić information content (AvgIpc) is 3.18. The third-order valence-corrected chi connectivity index (χ3v) is 6.76. The summed E-state index contributed by atoms with van der Waals surface area (Å²) in [6.45, 7) is 4.10. The summed E-state index contributed by atoms with van der Waals surface area (Å²) in [6, 6.07) is 17.5. The maximum Gasteiger partial charge on any atom is 0.252 e. The maximum atomic E-state index is 13.1. The predicted molar refractivity (Wildman–Crippen MR) is 115 cm³/mol. The first-order chi connectivity index (χ1) is 13.5. The van der Waals surface area contributed by atoms with Crippen LogP contribution < -0.4 is 10.2 Å². The third-order valence-electron chi connectivity index (χ3n) is 4.67. The Labute approximate surface area is 171 Å². The van der Waals surface area contributed by atoms with Crippen LogP contribution in [0.3, 0.4) is 0 Å². The number of thiazole rings is 1. The fourth-order valence-corrected chi connectivity index (χ4v) is 5.07. The van der Waals surface area contributed by atoms with Crippen molar-refractivity contribution in [3.8, 4) is 11.3 Å². The molecule has 7 heteroatoms. The van der Waals surface area contributed by atoms with Crippen LogP contribution in [0.1, 0.15) is 13.8 Å². The fourth-order valence-electron chi connectivity index (χ4n) is 3.14. The molecule has 5 nitrogen and oxygen atoms in total. The standard InChI is InChI=1S/C21H19N3O2S2/c1-3-24-16-11-7-8-12-17(16)28-21(2,19(24)26)18(25)23-20-22-15(13-27-20)14-9-5-4-6-10-14/h4-13H,3H2,1-2H3,(H,22,23,25). The Balaban J connectivity index is 1.60. The second-order valence-corrected chi connectivity index (χ2v) is 8.83. The number of carbonyl (C=O) groups excluding carboxylic acids is 2. The first kappa shape index (κ1) is 18.7. The molecule has 0 saturated heterocycles. The topological polar surface area (TPSA) is 62.3 Å². The van der Waals surface area contributed by atoms with Gasteiger partial charge < -0.3 is 10.2 Å². The van der Waals surface area contributed by atoms with Crippen LogP contribution in [0, 0.1) is 0 Å². The highest BCUT2D eigenvalue weighted by Crippen LogP contribution is 2.45. The van der Waals surface area contributed by atoms with Gasteiger partial charge in [0.1, 0.15) is 0 Å². The Kier molecular flexibility index (Phi) is 4.95. The molecule has 142 valence electrons. The summed E-state index contributed by atoms with van der Waals surface area (Å²) in [5.74, 6) is -0.569. The lowest BCUT2D eigenvalue weighted by Gasteiger charge is -2.38. The summed E-state index contributed by atoms with van der Waals surface area (Å²) in [7, 11) is 0. The largest absolute Gasteiger partial charge is 0.310 e. The van der Waals surface area contributed by atoms with E-state index in [2.05, 4.69) is 10.3 Å². The van der Waals surface area contributed by atoms with E-state index < -0.39 is 4.75 Å². The van der Waals surface area contributed by atoms with Gasteiger partial charge in [-0.2, -0.15) is 0 Å². The zero-order valence-corrected chi connectivity index (χ0v) is 17.1. The monoisotopic (exact) mass is 409 g/mol. The average molecular weight is 410 g/mol. The number of rotatable bonds is 4. The molecule has 1 unspecified atom stereocenters. The number of thioether (sulfide) groups is 1. The van der Waals surface area contributed by atoms with Crippen molar-refractivity contribution in [2.75, 3.05) is 16.8 Å². The predicted octanol–water partition coefficient (Wildman–Crippen LogP) is 4.67. The zero-order chi connectivity index (χ0) is 19.7. The van der Waals surface area contributed by atoms with E-state index in [0.29, 0.717) is 11.7 Å². The maximum absolute atomic E-state index is 13.1. The van der Waals surface area contributed by atoms with Gasteiger partial charge in [0, 0.05) is 22.4 Å². The SMILES string of the molecule is CCN1C(=O)C(C)(C(=O)Nc2nc(-c3ccccc3)cs2)Sc2ccccc21. The lowest BCUT2D eigenvalue weighted by molar-refractivity contribution is -0.128. The Morgan fingerprint density at radius 1 is 1.14 bits per heavy atom. The molecule has 1 atom stereocenters. The number of aromatic nitrogens is 1. The summed E-state index contributed by atoms with van der Waals surface area (Å²) in [6.07, 6.45) is 0. The van der Waals surface area contributed by atoms with Crippen LogP contribution >= 0.6 is 23.1 Å². The molecule has 2 aromatic carbocycles. The van der Waals surface area contributed by atoms with E-state index in [1.807, 2.05) is 66.9 Å². The van der Waals surface area contributed by atoms with Crippen molar-refractivity contribution in [2.45, 2.75) is 23.5 Å². The molecule has 1 aliphatic heterocycles. The molecule has 4 rings (SSSR count). The summed E-state index contributed by atoms with van der Waals surface area (Å²) in [4.78, 5) is 33.3. The number of carbonyl (C=O) groups is 2. The zero-order valence-electron chi connectivity index (χ0n) is 15.5. The molecule has 1 aliphatic rings. The number of amides is 2. The van der Waals surface area contributed by atoms with Gasteiger partial charge in [0.2, 0.25) is 0 Å². The minimum Gasteiger partial charge on any atom is -0.310 e.